The lowest BCUT2D eigenvalue weighted by atomic mass is 10.1. The quantitative estimate of drug-likeness (QED) is 0.692. The van der Waals surface area contributed by atoms with E-state index in [1.165, 1.54) is 13.8 Å². The van der Waals surface area contributed by atoms with E-state index in [0.29, 0.717) is 23.5 Å². The molecule has 0 spiro atoms. The Bertz CT molecular complexity index is 1060. The van der Waals surface area contributed by atoms with Gasteiger partial charge in [-0.1, -0.05) is 36.4 Å². The fourth-order valence-corrected chi connectivity index (χ4v) is 3.21. The molecule has 0 fully saturated rings. The molecule has 0 atom stereocenters. The normalized spacial score (nSPS) is 10.4. The SMILES string of the molecule is CC(=O)Nc1cc(NC(C)=O)cc(C(=O)N(C)Cc2ccc3ccccc3c2)c1. The van der Waals surface area contributed by atoms with Crippen LogP contribution in [0.25, 0.3) is 10.8 Å². The van der Waals surface area contributed by atoms with Crippen LogP contribution in [0.1, 0.15) is 29.8 Å². The molecule has 6 heteroatoms. The third kappa shape index (κ3) is 5.19. The monoisotopic (exact) mass is 389 g/mol. The molecule has 0 radical (unpaired) electrons. The molecule has 0 saturated heterocycles. The molecule has 0 aliphatic heterocycles. The van der Waals surface area contributed by atoms with E-state index in [2.05, 4.69) is 16.7 Å². The number of amides is 3. The summed E-state index contributed by atoms with van der Waals surface area (Å²) in [6.45, 7) is 3.21. The Morgan fingerprint density at radius 3 is 1.97 bits per heavy atom. The van der Waals surface area contributed by atoms with Crippen molar-refractivity contribution in [1.82, 2.24) is 4.90 Å². The predicted octanol–water partition coefficient (Wildman–Crippen LogP) is 4.03. The lowest BCUT2D eigenvalue weighted by Gasteiger charge is -2.19. The molecule has 148 valence electrons. The van der Waals surface area contributed by atoms with Crippen LogP contribution < -0.4 is 10.6 Å². The van der Waals surface area contributed by atoms with E-state index >= 15 is 0 Å². The zero-order valence-corrected chi connectivity index (χ0v) is 16.7. The number of carbonyl (C=O) groups is 3. The third-order valence-corrected chi connectivity index (χ3v) is 4.40. The zero-order valence-electron chi connectivity index (χ0n) is 16.7. The summed E-state index contributed by atoms with van der Waals surface area (Å²) in [5.74, 6) is -0.724. The first kappa shape index (κ1) is 20.1. The van der Waals surface area contributed by atoms with E-state index in [1.807, 2.05) is 36.4 Å². The van der Waals surface area contributed by atoms with Gasteiger partial charge in [-0.15, -0.1) is 0 Å². The number of hydrogen-bond acceptors (Lipinski definition) is 3. The molecule has 3 aromatic rings. The van der Waals surface area contributed by atoms with Crippen molar-refractivity contribution in [1.29, 1.82) is 0 Å². The van der Waals surface area contributed by atoms with Crippen LogP contribution in [-0.2, 0) is 16.1 Å². The average Bonchev–Trinajstić information content (AvgIpc) is 2.66. The van der Waals surface area contributed by atoms with Gasteiger partial charge in [-0.2, -0.15) is 0 Å². The van der Waals surface area contributed by atoms with Crippen LogP contribution in [0.2, 0.25) is 0 Å². The lowest BCUT2D eigenvalue weighted by Crippen LogP contribution is -2.26. The number of anilines is 2. The Labute approximate surface area is 169 Å². The van der Waals surface area contributed by atoms with Crippen LogP contribution in [0.15, 0.2) is 60.7 Å². The molecule has 3 rings (SSSR count). The maximum absolute atomic E-state index is 13.0. The number of carbonyl (C=O) groups excluding carboxylic acids is 3. The topological polar surface area (TPSA) is 78.5 Å². The van der Waals surface area contributed by atoms with Crippen molar-refractivity contribution in [3.05, 3.63) is 71.8 Å². The van der Waals surface area contributed by atoms with Crippen molar-refractivity contribution in [3.63, 3.8) is 0 Å². The molecule has 0 saturated carbocycles. The molecule has 3 aromatic carbocycles. The number of nitrogens with one attached hydrogen (secondary N) is 2. The first-order valence-corrected chi connectivity index (χ1v) is 9.25. The van der Waals surface area contributed by atoms with Crippen LogP contribution >= 0.6 is 0 Å². The van der Waals surface area contributed by atoms with Crippen molar-refractivity contribution in [2.24, 2.45) is 0 Å². The zero-order chi connectivity index (χ0) is 21.0. The van der Waals surface area contributed by atoms with Gasteiger partial charge in [-0.3, -0.25) is 14.4 Å². The first-order chi connectivity index (χ1) is 13.8. The van der Waals surface area contributed by atoms with E-state index < -0.39 is 0 Å². The maximum Gasteiger partial charge on any atom is 0.254 e. The molecular formula is C23H23N3O3. The summed E-state index contributed by atoms with van der Waals surface area (Å²) >= 11 is 0. The van der Waals surface area contributed by atoms with Gasteiger partial charge in [-0.05, 0) is 40.6 Å². The second kappa shape index (κ2) is 8.56. The van der Waals surface area contributed by atoms with Crippen LogP contribution in [0.4, 0.5) is 11.4 Å². The molecular weight excluding hydrogens is 366 g/mol. The van der Waals surface area contributed by atoms with Gasteiger partial charge >= 0.3 is 0 Å². The molecule has 0 bridgehead atoms. The molecule has 2 N–H and O–H groups in total. The van der Waals surface area contributed by atoms with Crippen LogP contribution in [0.3, 0.4) is 0 Å². The number of benzene rings is 3. The van der Waals surface area contributed by atoms with E-state index in [0.717, 1.165) is 16.3 Å². The molecule has 29 heavy (non-hydrogen) atoms. The second-order valence-corrected chi connectivity index (χ2v) is 7.00. The van der Waals surface area contributed by atoms with Crippen molar-refractivity contribution in [2.75, 3.05) is 17.7 Å². The van der Waals surface area contributed by atoms with Gasteiger partial charge in [0.2, 0.25) is 11.8 Å². The van der Waals surface area contributed by atoms with Gasteiger partial charge in [0.25, 0.3) is 5.91 Å². The third-order valence-electron chi connectivity index (χ3n) is 4.40. The van der Waals surface area contributed by atoms with Crippen molar-refractivity contribution < 1.29 is 14.4 Å². The Morgan fingerprint density at radius 2 is 1.38 bits per heavy atom. The Balaban J connectivity index is 1.84. The van der Waals surface area contributed by atoms with Gasteiger partial charge < -0.3 is 15.5 Å². The summed E-state index contributed by atoms with van der Waals surface area (Å²) in [7, 11) is 1.72. The standard InChI is InChI=1S/C23H23N3O3/c1-15(27)24-21-11-20(12-22(13-21)25-16(2)28)23(29)26(3)14-17-8-9-18-6-4-5-7-19(18)10-17/h4-13H,14H2,1-3H3,(H,24,27)(H,25,28). The first-order valence-electron chi connectivity index (χ1n) is 9.25. The molecule has 0 aromatic heterocycles. The number of hydrogen-bond donors (Lipinski definition) is 2. The summed E-state index contributed by atoms with van der Waals surface area (Å²) in [6.07, 6.45) is 0. The van der Waals surface area contributed by atoms with Gasteiger partial charge in [-0.25, -0.2) is 0 Å². The highest BCUT2D eigenvalue weighted by molar-refractivity contribution is 6.00. The van der Waals surface area contributed by atoms with Gasteiger partial charge in [0.15, 0.2) is 0 Å². The Kier molecular flexibility index (Phi) is 5.93. The van der Waals surface area contributed by atoms with Crippen LogP contribution in [0.5, 0.6) is 0 Å². The van der Waals surface area contributed by atoms with E-state index in [-0.39, 0.29) is 17.7 Å². The molecule has 0 unspecified atom stereocenters. The van der Waals surface area contributed by atoms with Crippen LogP contribution in [-0.4, -0.2) is 29.7 Å². The van der Waals surface area contributed by atoms with Crippen LogP contribution in [0, 0.1) is 0 Å². The smallest absolute Gasteiger partial charge is 0.254 e. The van der Waals surface area contributed by atoms with Crippen molar-refractivity contribution >= 4 is 39.9 Å². The Morgan fingerprint density at radius 1 is 0.793 bits per heavy atom. The maximum atomic E-state index is 13.0. The van der Waals surface area contributed by atoms with Crippen molar-refractivity contribution in [2.45, 2.75) is 20.4 Å². The number of nitrogens with zero attached hydrogens (tertiary/aromatic N) is 1. The fraction of sp³-hybridized carbons (Fsp3) is 0.174. The average molecular weight is 389 g/mol. The number of rotatable bonds is 5. The highest BCUT2D eigenvalue weighted by Gasteiger charge is 2.15. The summed E-state index contributed by atoms with van der Waals surface area (Å²) in [6, 6.07) is 19.0. The van der Waals surface area contributed by atoms with Gasteiger partial charge in [0.05, 0.1) is 0 Å². The van der Waals surface area contributed by atoms with E-state index in [4.69, 9.17) is 0 Å². The second-order valence-electron chi connectivity index (χ2n) is 7.00. The minimum absolute atomic E-state index is 0.211. The molecule has 0 heterocycles. The predicted molar refractivity (Wildman–Crippen MR) is 115 cm³/mol. The highest BCUT2D eigenvalue weighted by Crippen LogP contribution is 2.22. The minimum atomic E-state index is -0.257. The minimum Gasteiger partial charge on any atom is -0.337 e. The molecule has 0 aliphatic rings. The van der Waals surface area contributed by atoms with Crippen molar-refractivity contribution in [3.8, 4) is 0 Å². The van der Waals surface area contributed by atoms with E-state index in [9.17, 15) is 14.4 Å². The highest BCUT2D eigenvalue weighted by atomic mass is 16.2. The Hall–Kier alpha value is -3.67. The van der Waals surface area contributed by atoms with Gasteiger partial charge in [0, 0.05) is 44.4 Å². The summed E-state index contributed by atoms with van der Waals surface area (Å²) in [5.41, 5.74) is 2.29. The van der Waals surface area contributed by atoms with Gasteiger partial charge in [0.1, 0.15) is 0 Å². The van der Waals surface area contributed by atoms with E-state index in [1.54, 1.807) is 30.1 Å². The lowest BCUT2D eigenvalue weighted by molar-refractivity contribution is -0.115. The largest absolute Gasteiger partial charge is 0.337 e. The molecule has 0 aliphatic carbocycles. The summed E-state index contributed by atoms with van der Waals surface area (Å²) in [4.78, 5) is 37.4. The summed E-state index contributed by atoms with van der Waals surface area (Å²) in [5, 5.41) is 7.59. The summed E-state index contributed by atoms with van der Waals surface area (Å²) < 4.78 is 0. The fourth-order valence-electron chi connectivity index (χ4n) is 3.21. The molecule has 3 amide bonds. The number of fused-ring (bicyclic) bond motifs is 1. The molecule has 6 nitrogen and oxygen atoms in total.